The summed E-state index contributed by atoms with van der Waals surface area (Å²) >= 11 is 0. The fourth-order valence-electron chi connectivity index (χ4n) is 4.65. The maximum absolute atomic E-state index is 12.6. The van der Waals surface area contributed by atoms with E-state index in [-0.39, 0.29) is 29.9 Å². The molecule has 0 spiro atoms. The fourth-order valence-corrected chi connectivity index (χ4v) is 4.65. The summed E-state index contributed by atoms with van der Waals surface area (Å²) in [5.74, 6) is 1.51. The highest BCUT2D eigenvalue weighted by Crippen LogP contribution is 2.41. The number of nitrogens with one attached hydrogen (secondary N) is 2. The van der Waals surface area contributed by atoms with Gasteiger partial charge < -0.3 is 15.5 Å². The molecular weight excluding hydrogens is 463 g/mol. The maximum Gasteiger partial charge on any atom is 0.225 e. The van der Waals surface area contributed by atoms with E-state index in [1.54, 1.807) is 0 Å². The molecule has 2 rings (SSSR count). The van der Waals surface area contributed by atoms with Gasteiger partial charge in [-0.1, -0.05) is 33.6 Å². The predicted octanol–water partition coefficient (Wildman–Crippen LogP) is 4.56. The van der Waals surface area contributed by atoms with Crippen molar-refractivity contribution in [2.24, 2.45) is 16.3 Å². The van der Waals surface area contributed by atoms with Gasteiger partial charge in [-0.2, -0.15) is 0 Å². The van der Waals surface area contributed by atoms with Gasteiger partial charge in [0.15, 0.2) is 5.96 Å². The van der Waals surface area contributed by atoms with Gasteiger partial charge in [0, 0.05) is 38.1 Å². The van der Waals surface area contributed by atoms with Gasteiger partial charge in [0.1, 0.15) is 0 Å². The van der Waals surface area contributed by atoms with Crippen LogP contribution in [0.4, 0.5) is 0 Å². The molecule has 0 aromatic carbocycles. The molecule has 0 atom stereocenters. The van der Waals surface area contributed by atoms with Crippen molar-refractivity contribution in [3.05, 3.63) is 0 Å². The molecule has 2 N–H and O–H groups in total. The van der Waals surface area contributed by atoms with Crippen LogP contribution in [0.3, 0.4) is 0 Å². The van der Waals surface area contributed by atoms with Crippen LogP contribution in [0, 0.1) is 11.3 Å². The van der Waals surface area contributed by atoms with E-state index in [2.05, 4.69) is 43.2 Å². The number of carbonyl (C=O) groups excluding carboxylic acids is 1. The first-order valence-electron chi connectivity index (χ1n) is 11.4. The summed E-state index contributed by atoms with van der Waals surface area (Å²) in [5.41, 5.74) is 0.424. The Hall–Kier alpha value is -0.530. The maximum atomic E-state index is 12.6. The molecule has 0 radical (unpaired) electrons. The molecule has 2 aliphatic rings. The highest BCUT2D eigenvalue weighted by molar-refractivity contribution is 14.0. The van der Waals surface area contributed by atoms with E-state index < -0.39 is 0 Å². The molecule has 28 heavy (non-hydrogen) atoms. The Kier molecular flexibility index (Phi) is 11.8. The number of guanidine groups is 1. The molecule has 1 saturated heterocycles. The molecule has 1 saturated carbocycles. The first-order chi connectivity index (χ1) is 13.1. The van der Waals surface area contributed by atoms with Crippen LogP contribution in [-0.4, -0.2) is 49.0 Å². The van der Waals surface area contributed by atoms with Crippen molar-refractivity contribution in [2.75, 3.05) is 26.2 Å². The first kappa shape index (κ1) is 25.5. The number of aliphatic imine (C=N–C) groups is 1. The molecule has 164 valence electrons. The smallest absolute Gasteiger partial charge is 0.225 e. The zero-order valence-electron chi connectivity index (χ0n) is 18.6. The van der Waals surface area contributed by atoms with E-state index >= 15 is 0 Å². The second-order valence-electron chi connectivity index (χ2n) is 8.51. The average Bonchev–Trinajstić information content (AvgIpc) is 3.17. The summed E-state index contributed by atoms with van der Waals surface area (Å²) < 4.78 is 0. The topological polar surface area (TPSA) is 56.7 Å². The Morgan fingerprint density at radius 1 is 1.11 bits per heavy atom. The molecular formula is C22H43IN4O. The van der Waals surface area contributed by atoms with E-state index in [1.165, 1.54) is 32.1 Å². The van der Waals surface area contributed by atoms with Crippen LogP contribution in [0.2, 0.25) is 0 Å². The second kappa shape index (κ2) is 12.9. The Labute approximate surface area is 189 Å². The standard InChI is InChI=1S/C22H42N4O.HI/c1-5-18(6-2)20(27)26-15-11-19(12-16-26)25-21(23-8-4)24-17-22(7-3)13-9-10-14-22;/h18-19H,5-17H2,1-4H3,(H2,23,24,25);1H. The van der Waals surface area contributed by atoms with Crippen LogP contribution in [-0.2, 0) is 4.79 Å². The third-order valence-corrected chi connectivity index (χ3v) is 6.81. The number of amides is 1. The summed E-state index contributed by atoms with van der Waals surface area (Å²) in [6.45, 7) is 12.2. The minimum Gasteiger partial charge on any atom is -0.357 e. The van der Waals surface area contributed by atoms with Crippen molar-refractivity contribution in [3.63, 3.8) is 0 Å². The first-order valence-corrected chi connectivity index (χ1v) is 11.4. The summed E-state index contributed by atoms with van der Waals surface area (Å²) in [4.78, 5) is 19.6. The Morgan fingerprint density at radius 3 is 2.21 bits per heavy atom. The fraction of sp³-hybridized carbons (Fsp3) is 0.909. The highest BCUT2D eigenvalue weighted by Gasteiger charge is 2.32. The van der Waals surface area contributed by atoms with Gasteiger partial charge in [-0.15, -0.1) is 24.0 Å². The number of rotatable bonds is 8. The van der Waals surface area contributed by atoms with Gasteiger partial charge in [0.2, 0.25) is 5.91 Å². The van der Waals surface area contributed by atoms with E-state index in [4.69, 9.17) is 4.99 Å². The van der Waals surface area contributed by atoms with Gasteiger partial charge in [0.05, 0.1) is 0 Å². The van der Waals surface area contributed by atoms with Gasteiger partial charge in [-0.05, 0) is 57.3 Å². The van der Waals surface area contributed by atoms with E-state index in [9.17, 15) is 4.79 Å². The van der Waals surface area contributed by atoms with Crippen molar-refractivity contribution in [1.29, 1.82) is 0 Å². The van der Waals surface area contributed by atoms with Crippen molar-refractivity contribution in [2.45, 2.75) is 91.5 Å². The molecule has 6 heteroatoms. The number of hydrogen-bond donors (Lipinski definition) is 2. The van der Waals surface area contributed by atoms with Crippen LogP contribution in [0.25, 0.3) is 0 Å². The lowest BCUT2D eigenvalue weighted by Gasteiger charge is -2.35. The highest BCUT2D eigenvalue weighted by atomic mass is 127. The van der Waals surface area contributed by atoms with Crippen molar-refractivity contribution in [3.8, 4) is 0 Å². The number of carbonyl (C=O) groups is 1. The van der Waals surface area contributed by atoms with Gasteiger partial charge in [0.25, 0.3) is 0 Å². The number of nitrogens with zero attached hydrogens (tertiary/aromatic N) is 2. The average molecular weight is 507 g/mol. The quantitative estimate of drug-likeness (QED) is 0.289. The van der Waals surface area contributed by atoms with Crippen molar-refractivity contribution in [1.82, 2.24) is 15.5 Å². The van der Waals surface area contributed by atoms with Gasteiger partial charge in [-0.3, -0.25) is 9.79 Å². The third-order valence-electron chi connectivity index (χ3n) is 6.81. The van der Waals surface area contributed by atoms with Gasteiger partial charge in [-0.25, -0.2) is 0 Å². The normalized spacial score (nSPS) is 20.2. The largest absolute Gasteiger partial charge is 0.357 e. The summed E-state index contributed by atoms with van der Waals surface area (Å²) in [6, 6.07) is 0.412. The zero-order chi connectivity index (χ0) is 19.7. The minimum atomic E-state index is 0. The number of likely N-dealkylation sites (tertiary alicyclic amines) is 1. The van der Waals surface area contributed by atoms with E-state index in [1.807, 2.05) is 0 Å². The monoisotopic (exact) mass is 506 g/mol. The van der Waals surface area contributed by atoms with E-state index in [0.717, 1.165) is 57.8 Å². The lowest BCUT2D eigenvalue weighted by atomic mass is 9.84. The second-order valence-corrected chi connectivity index (χ2v) is 8.51. The third kappa shape index (κ3) is 7.06. The molecule has 5 nitrogen and oxygen atoms in total. The Morgan fingerprint density at radius 2 is 1.71 bits per heavy atom. The molecule has 0 unspecified atom stereocenters. The Balaban J connectivity index is 0.00000392. The van der Waals surface area contributed by atoms with Crippen molar-refractivity contribution >= 4 is 35.8 Å². The molecule has 0 aromatic heterocycles. The van der Waals surface area contributed by atoms with Crippen LogP contribution >= 0.6 is 24.0 Å². The lowest BCUT2D eigenvalue weighted by molar-refractivity contribution is -0.136. The van der Waals surface area contributed by atoms with Crippen LogP contribution in [0.1, 0.15) is 85.5 Å². The SMILES string of the molecule is CCNC(=NCC1(CC)CCCC1)NC1CCN(C(=O)C(CC)CC)CC1.I. The van der Waals surface area contributed by atoms with E-state index in [0.29, 0.717) is 17.4 Å². The number of hydrogen-bond acceptors (Lipinski definition) is 2. The molecule has 1 aliphatic heterocycles. The Bertz CT molecular complexity index is 479. The zero-order valence-corrected chi connectivity index (χ0v) is 20.9. The van der Waals surface area contributed by atoms with Gasteiger partial charge >= 0.3 is 0 Å². The minimum absolute atomic E-state index is 0. The molecule has 2 fully saturated rings. The summed E-state index contributed by atoms with van der Waals surface area (Å²) in [6.07, 6.45) is 10.5. The molecule has 0 bridgehead atoms. The van der Waals surface area contributed by atoms with Crippen LogP contribution in [0.5, 0.6) is 0 Å². The summed E-state index contributed by atoms with van der Waals surface area (Å²) in [7, 11) is 0. The summed E-state index contributed by atoms with van der Waals surface area (Å²) in [5, 5.41) is 7.06. The van der Waals surface area contributed by atoms with Crippen LogP contribution in [0.15, 0.2) is 4.99 Å². The molecule has 1 heterocycles. The van der Waals surface area contributed by atoms with Crippen molar-refractivity contribution < 1.29 is 4.79 Å². The lowest BCUT2D eigenvalue weighted by Crippen LogP contribution is -2.50. The number of piperidine rings is 1. The predicted molar refractivity (Wildman–Crippen MR) is 129 cm³/mol. The number of halogens is 1. The molecule has 0 aromatic rings. The molecule has 1 aliphatic carbocycles. The molecule has 1 amide bonds. The van der Waals surface area contributed by atoms with Crippen LogP contribution < -0.4 is 10.6 Å².